The molecule has 1 amide bonds. The van der Waals surface area contributed by atoms with E-state index in [9.17, 15) is 13.2 Å². The highest BCUT2D eigenvalue weighted by Crippen LogP contribution is 2.31. The van der Waals surface area contributed by atoms with Gasteiger partial charge in [-0.2, -0.15) is 0 Å². The maximum Gasteiger partial charge on any atom is 0.277 e. The molecule has 36 heavy (non-hydrogen) atoms. The lowest BCUT2D eigenvalue weighted by molar-refractivity contribution is 0.102. The number of nitrogens with one attached hydrogen (secondary N) is 3. The molecule has 2 aliphatic rings. The highest BCUT2D eigenvalue weighted by Gasteiger charge is 2.28. The summed E-state index contributed by atoms with van der Waals surface area (Å²) in [5.41, 5.74) is 1.70. The number of carbonyl (C=O) groups is 1. The molecule has 3 aromatic rings. The fraction of sp³-hybridized carbons (Fsp3) is 0.522. The largest absolute Gasteiger partial charge is 0.379 e. The van der Waals surface area contributed by atoms with Crippen molar-refractivity contribution in [2.24, 2.45) is 5.92 Å². The van der Waals surface area contributed by atoms with E-state index in [2.05, 4.69) is 36.0 Å². The molecule has 0 atom stereocenters. The van der Waals surface area contributed by atoms with Crippen molar-refractivity contribution in [3.63, 3.8) is 0 Å². The molecule has 13 heteroatoms. The third-order valence-electron chi connectivity index (χ3n) is 6.66. The first kappa shape index (κ1) is 24.4. The van der Waals surface area contributed by atoms with Crippen molar-refractivity contribution in [2.45, 2.75) is 50.6 Å². The molecule has 0 spiro atoms. The molecule has 3 N–H and O–H groups in total. The van der Waals surface area contributed by atoms with Crippen LogP contribution in [0.25, 0.3) is 5.65 Å². The van der Waals surface area contributed by atoms with Gasteiger partial charge in [-0.1, -0.05) is 0 Å². The predicted octanol–water partition coefficient (Wildman–Crippen LogP) is 2.21. The third-order valence-corrected chi connectivity index (χ3v) is 8.67. The van der Waals surface area contributed by atoms with Gasteiger partial charge in [-0.15, -0.1) is 5.10 Å². The number of hydrogen-bond acceptors (Lipinski definition) is 9. The van der Waals surface area contributed by atoms with Gasteiger partial charge in [0.1, 0.15) is 18.0 Å². The lowest BCUT2D eigenvalue weighted by Gasteiger charge is -2.30. The maximum absolute atomic E-state index is 13.0. The average Bonchev–Trinajstić information content (AvgIpc) is 3.56. The van der Waals surface area contributed by atoms with Crippen molar-refractivity contribution in [3.05, 3.63) is 36.5 Å². The summed E-state index contributed by atoms with van der Waals surface area (Å²) in [6.45, 7) is 0. The summed E-state index contributed by atoms with van der Waals surface area (Å²) in [5, 5.41) is 14.4. The van der Waals surface area contributed by atoms with Crippen molar-refractivity contribution in [1.29, 1.82) is 0 Å². The number of hydrogen-bond donors (Lipinski definition) is 3. The Bertz CT molecular complexity index is 1330. The molecule has 0 radical (unpaired) electrons. The Morgan fingerprint density at radius 3 is 2.44 bits per heavy atom. The van der Waals surface area contributed by atoms with Crippen LogP contribution in [0.5, 0.6) is 0 Å². The van der Waals surface area contributed by atoms with Gasteiger partial charge in [0.15, 0.2) is 11.3 Å². The highest BCUT2D eigenvalue weighted by molar-refractivity contribution is 7.89. The average molecular weight is 514 g/mol. The van der Waals surface area contributed by atoms with E-state index >= 15 is 0 Å². The normalized spacial score (nSPS) is 20.4. The van der Waals surface area contributed by atoms with Crippen molar-refractivity contribution in [3.8, 4) is 0 Å². The monoisotopic (exact) mass is 513 g/mol. The summed E-state index contributed by atoms with van der Waals surface area (Å²) < 4.78 is 27.4. The molecule has 3 heterocycles. The summed E-state index contributed by atoms with van der Waals surface area (Å²) in [7, 11) is -0.0444. The van der Waals surface area contributed by atoms with Gasteiger partial charge in [0.2, 0.25) is 10.0 Å². The molecule has 2 aliphatic carbocycles. The molecular weight excluding hydrogens is 482 g/mol. The molecule has 0 saturated heterocycles. The Balaban J connectivity index is 1.33. The SMILES string of the molecule is CN(C)S(=O)(=O)CC1CCC(Nc2cc(NC3CC3)c3ncc(C(=O)Nc4ccncn4)n3n2)CC1. The minimum absolute atomic E-state index is 0.156. The highest BCUT2D eigenvalue weighted by atomic mass is 32.2. The Hall–Kier alpha value is -3.32. The van der Waals surface area contributed by atoms with Crippen molar-refractivity contribution < 1.29 is 13.2 Å². The van der Waals surface area contributed by atoms with E-state index in [1.165, 1.54) is 16.8 Å². The van der Waals surface area contributed by atoms with E-state index in [1.54, 1.807) is 30.9 Å². The van der Waals surface area contributed by atoms with Gasteiger partial charge in [0.05, 0.1) is 17.6 Å². The van der Waals surface area contributed by atoms with E-state index in [-0.39, 0.29) is 23.6 Å². The first-order valence-electron chi connectivity index (χ1n) is 12.2. The fourth-order valence-corrected chi connectivity index (χ4v) is 5.65. The van der Waals surface area contributed by atoms with Crippen LogP contribution in [0, 0.1) is 5.92 Å². The van der Waals surface area contributed by atoms with Crippen LogP contribution in [0.4, 0.5) is 17.3 Å². The van der Waals surface area contributed by atoms with Crippen LogP contribution in [0.3, 0.4) is 0 Å². The predicted molar refractivity (Wildman–Crippen MR) is 136 cm³/mol. The van der Waals surface area contributed by atoms with Crippen molar-refractivity contribution in [2.75, 3.05) is 35.8 Å². The molecule has 0 aromatic carbocycles. The first-order valence-corrected chi connectivity index (χ1v) is 13.8. The minimum atomic E-state index is -3.20. The number of rotatable bonds is 9. The first-order chi connectivity index (χ1) is 17.3. The molecular formula is C23H31N9O3S. The molecule has 3 aromatic heterocycles. The van der Waals surface area contributed by atoms with E-state index in [4.69, 9.17) is 0 Å². The topological polar surface area (TPSA) is 147 Å². The lowest BCUT2D eigenvalue weighted by atomic mass is 9.87. The Morgan fingerprint density at radius 1 is 1.06 bits per heavy atom. The molecule has 2 fully saturated rings. The zero-order chi connectivity index (χ0) is 25.3. The number of aromatic nitrogens is 5. The second-order valence-electron chi connectivity index (χ2n) is 9.71. The van der Waals surface area contributed by atoms with Crippen LogP contribution in [0.1, 0.15) is 49.0 Å². The van der Waals surface area contributed by atoms with E-state index in [1.807, 2.05) is 6.07 Å². The standard InChI is InChI=1S/C23H31N9O3S/c1-31(2)36(34,35)13-15-3-5-17(6-4-15)28-21-11-18(27-16-7-8-16)22-25-12-19(32(22)30-21)23(33)29-20-9-10-24-14-26-20/h9-12,14-17,27H,3-8,13H2,1-2H3,(H,28,30)(H,24,26,29,33). The quantitative estimate of drug-likeness (QED) is 0.392. The smallest absolute Gasteiger partial charge is 0.277 e. The number of anilines is 3. The van der Waals surface area contributed by atoms with Gasteiger partial charge in [-0.05, 0) is 50.5 Å². The van der Waals surface area contributed by atoms with E-state index < -0.39 is 10.0 Å². The Labute approximate surface area is 210 Å². The van der Waals surface area contributed by atoms with Crippen LogP contribution in [-0.2, 0) is 10.0 Å². The van der Waals surface area contributed by atoms with Crippen molar-refractivity contribution in [1.82, 2.24) is 28.9 Å². The number of carbonyl (C=O) groups excluding carboxylic acids is 1. The summed E-state index contributed by atoms with van der Waals surface area (Å²) in [6, 6.07) is 4.12. The molecule has 5 rings (SSSR count). The second-order valence-corrected chi connectivity index (χ2v) is 11.9. The molecule has 2 saturated carbocycles. The minimum Gasteiger partial charge on any atom is -0.379 e. The summed E-state index contributed by atoms with van der Waals surface area (Å²) in [5.74, 6) is 1.01. The molecule has 0 unspecified atom stereocenters. The second kappa shape index (κ2) is 9.97. The lowest BCUT2D eigenvalue weighted by Crippen LogP contribution is -2.33. The van der Waals surface area contributed by atoms with E-state index in [0.717, 1.165) is 44.2 Å². The van der Waals surface area contributed by atoms with Gasteiger partial charge in [-0.3, -0.25) is 4.79 Å². The number of sulfonamides is 1. The van der Waals surface area contributed by atoms with Gasteiger partial charge < -0.3 is 16.0 Å². The third kappa shape index (κ3) is 5.57. The Morgan fingerprint density at radius 2 is 1.78 bits per heavy atom. The number of nitrogens with zero attached hydrogens (tertiary/aromatic N) is 6. The van der Waals surface area contributed by atoms with Gasteiger partial charge in [-0.25, -0.2) is 32.2 Å². The van der Waals surface area contributed by atoms with Gasteiger partial charge >= 0.3 is 0 Å². The fourth-order valence-electron chi connectivity index (χ4n) is 4.42. The molecule has 12 nitrogen and oxygen atoms in total. The summed E-state index contributed by atoms with van der Waals surface area (Å²) in [4.78, 5) is 25.3. The Kier molecular flexibility index (Phi) is 6.75. The van der Waals surface area contributed by atoms with Crippen LogP contribution < -0.4 is 16.0 Å². The number of amides is 1. The molecule has 0 bridgehead atoms. The number of imidazole rings is 1. The molecule has 192 valence electrons. The summed E-state index contributed by atoms with van der Waals surface area (Å²) >= 11 is 0. The number of fused-ring (bicyclic) bond motifs is 1. The van der Waals surface area contributed by atoms with E-state index in [0.29, 0.717) is 29.0 Å². The van der Waals surface area contributed by atoms with Gasteiger partial charge in [0, 0.05) is 38.4 Å². The van der Waals surface area contributed by atoms with Crippen LogP contribution in [0.2, 0.25) is 0 Å². The zero-order valence-corrected chi connectivity index (χ0v) is 21.2. The van der Waals surface area contributed by atoms with Crippen molar-refractivity contribution >= 4 is 38.9 Å². The summed E-state index contributed by atoms with van der Waals surface area (Å²) in [6.07, 6.45) is 9.99. The van der Waals surface area contributed by atoms with Crippen LogP contribution >= 0.6 is 0 Å². The van der Waals surface area contributed by atoms with Crippen LogP contribution in [-0.4, -0.2) is 75.1 Å². The zero-order valence-electron chi connectivity index (χ0n) is 20.4. The van der Waals surface area contributed by atoms with Gasteiger partial charge in [0.25, 0.3) is 5.91 Å². The van der Waals surface area contributed by atoms with Crippen LogP contribution in [0.15, 0.2) is 30.9 Å². The maximum atomic E-state index is 13.0. The molecule has 0 aliphatic heterocycles.